The molecule has 0 bridgehead atoms. The molecule has 2 aromatic carbocycles. The van der Waals surface area contributed by atoms with Crippen molar-refractivity contribution in [3.63, 3.8) is 0 Å². The van der Waals surface area contributed by atoms with Crippen molar-refractivity contribution in [2.24, 2.45) is 12.0 Å². The van der Waals surface area contributed by atoms with Crippen LogP contribution in [0.25, 0.3) is 21.1 Å². The Morgan fingerprint density at radius 1 is 1.17 bits per heavy atom. The van der Waals surface area contributed by atoms with Crippen LogP contribution in [0.15, 0.2) is 59.6 Å². The van der Waals surface area contributed by atoms with Crippen molar-refractivity contribution in [3.05, 3.63) is 65.3 Å². The standard InChI is InChI=1S/C21H23N5OS.HI/c1-22-21(24-13-20-25-15-8-4-5-9-16(15)26(20)2)23-12-17(27)19-11-14-7-3-6-10-18(14)28-19;/h3-11,17,27H,12-13H2,1-2H3,(H2,22,23,24);1H. The molecule has 1 unspecified atom stereocenters. The molecule has 2 heterocycles. The lowest BCUT2D eigenvalue weighted by atomic mass is 10.2. The van der Waals surface area contributed by atoms with Crippen LogP contribution in [0.1, 0.15) is 16.8 Å². The zero-order valence-corrected chi connectivity index (χ0v) is 19.4. The highest BCUT2D eigenvalue weighted by Gasteiger charge is 2.13. The number of fused-ring (bicyclic) bond motifs is 2. The van der Waals surface area contributed by atoms with E-state index in [1.807, 2.05) is 43.4 Å². The highest BCUT2D eigenvalue weighted by atomic mass is 127. The Morgan fingerprint density at radius 2 is 1.93 bits per heavy atom. The molecule has 0 fully saturated rings. The van der Waals surface area contributed by atoms with Crippen LogP contribution < -0.4 is 10.6 Å². The lowest BCUT2D eigenvalue weighted by Crippen LogP contribution is -2.39. The summed E-state index contributed by atoms with van der Waals surface area (Å²) in [5, 5.41) is 18.2. The number of aliphatic hydroxyl groups is 1. The number of thiophene rings is 1. The molecule has 0 saturated heterocycles. The Bertz CT molecular complexity index is 1100. The van der Waals surface area contributed by atoms with Gasteiger partial charge in [-0.15, -0.1) is 35.3 Å². The molecule has 0 amide bonds. The Kier molecular flexibility index (Phi) is 7.09. The highest BCUT2D eigenvalue weighted by Crippen LogP contribution is 2.29. The van der Waals surface area contributed by atoms with Crippen LogP contribution in [0.5, 0.6) is 0 Å². The molecule has 4 rings (SSSR count). The number of para-hydroxylation sites is 2. The van der Waals surface area contributed by atoms with Crippen molar-refractivity contribution in [2.45, 2.75) is 12.6 Å². The van der Waals surface area contributed by atoms with E-state index in [-0.39, 0.29) is 24.0 Å². The fourth-order valence-electron chi connectivity index (χ4n) is 3.20. The first kappa shape index (κ1) is 21.5. The molecule has 0 spiro atoms. The summed E-state index contributed by atoms with van der Waals surface area (Å²) in [6.45, 7) is 0.929. The normalized spacial score (nSPS) is 12.7. The van der Waals surface area contributed by atoms with Gasteiger partial charge in [0, 0.05) is 30.2 Å². The zero-order chi connectivity index (χ0) is 19.5. The number of benzene rings is 2. The van der Waals surface area contributed by atoms with Crippen LogP contribution in [0.3, 0.4) is 0 Å². The minimum absolute atomic E-state index is 0. The maximum Gasteiger partial charge on any atom is 0.191 e. The average molecular weight is 521 g/mol. The first-order valence-electron chi connectivity index (χ1n) is 9.17. The molecular formula is C21H24IN5OS. The first-order chi connectivity index (χ1) is 13.7. The quantitative estimate of drug-likeness (QED) is 0.212. The van der Waals surface area contributed by atoms with E-state index >= 15 is 0 Å². The van der Waals surface area contributed by atoms with Gasteiger partial charge in [-0.05, 0) is 29.7 Å². The molecule has 0 radical (unpaired) electrons. The van der Waals surface area contributed by atoms with Gasteiger partial charge in [-0.25, -0.2) is 4.98 Å². The van der Waals surface area contributed by atoms with E-state index in [1.165, 1.54) is 4.70 Å². The van der Waals surface area contributed by atoms with Crippen molar-refractivity contribution in [1.29, 1.82) is 0 Å². The van der Waals surface area contributed by atoms with Crippen LogP contribution in [0, 0.1) is 0 Å². The SMILES string of the molecule is CN=C(NCc1nc2ccccc2n1C)NCC(O)c1cc2ccccc2s1.I. The number of nitrogens with zero attached hydrogens (tertiary/aromatic N) is 3. The van der Waals surface area contributed by atoms with Crippen LogP contribution in [0.4, 0.5) is 0 Å². The summed E-state index contributed by atoms with van der Waals surface area (Å²) in [4.78, 5) is 9.84. The van der Waals surface area contributed by atoms with Gasteiger partial charge < -0.3 is 20.3 Å². The largest absolute Gasteiger partial charge is 0.386 e. The zero-order valence-electron chi connectivity index (χ0n) is 16.3. The molecule has 29 heavy (non-hydrogen) atoms. The van der Waals surface area contributed by atoms with Crippen LogP contribution in [-0.4, -0.2) is 34.2 Å². The van der Waals surface area contributed by atoms with Gasteiger partial charge in [0.15, 0.2) is 5.96 Å². The molecule has 6 nitrogen and oxygen atoms in total. The molecule has 2 aromatic heterocycles. The second-order valence-electron chi connectivity index (χ2n) is 6.58. The van der Waals surface area contributed by atoms with E-state index < -0.39 is 6.10 Å². The fourth-order valence-corrected chi connectivity index (χ4v) is 4.25. The number of nitrogens with one attached hydrogen (secondary N) is 2. The minimum atomic E-state index is -0.591. The van der Waals surface area contributed by atoms with Gasteiger partial charge in [0.05, 0.1) is 17.6 Å². The molecule has 0 saturated carbocycles. The van der Waals surface area contributed by atoms with Gasteiger partial charge in [0.25, 0.3) is 0 Å². The summed E-state index contributed by atoms with van der Waals surface area (Å²) in [5.74, 6) is 1.56. The molecule has 8 heteroatoms. The Balaban J connectivity index is 0.00000240. The van der Waals surface area contributed by atoms with E-state index in [1.54, 1.807) is 18.4 Å². The molecular weight excluding hydrogens is 497 g/mol. The molecule has 0 aliphatic heterocycles. The van der Waals surface area contributed by atoms with Gasteiger partial charge in [-0.3, -0.25) is 4.99 Å². The van der Waals surface area contributed by atoms with Crippen LogP contribution >= 0.6 is 35.3 Å². The highest BCUT2D eigenvalue weighted by molar-refractivity contribution is 14.0. The number of hydrogen-bond donors (Lipinski definition) is 3. The van der Waals surface area contributed by atoms with Gasteiger partial charge >= 0.3 is 0 Å². The summed E-state index contributed by atoms with van der Waals surface area (Å²) < 4.78 is 3.25. The number of aryl methyl sites for hydroxylation is 1. The van der Waals surface area contributed by atoms with Gasteiger partial charge in [0.2, 0.25) is 0 Å². The monoisotopic (exact) mass is 521 g/mol. The number of hydrogen-bond acceptors (Lipinski definition) is 4. The van der Waals surface area contributed by atoms with Crippen molar-refractivity contribution < 1.29 is 5.11 Å². The first-order valence-corrected chi connectivity index (χ1v) is 9.99. The number of guanidine groups is 1. The van der Waals surface area contributed by atoms with Gasteiger partial charge in [-0.2, -0.15) is 0 Å². The Hall–Kier alpha value is -2.17. The molecule has 1 atom stereocenters. The molecule has 4 aromatic rings. The second kappa shape index (κ2) is 9.55. The topological polar surface area (TPSA) is 74.5 Å². The second-order valence-corrected chi connectivity index (χ2v) is 7.70. The molecule has 3 N–H and O–H groups in total. The Morgan fingerprint density at radius 3 is 2.69 bits per heavy atom. The summed E-state index contributed by atoms with van der Waals surface area (Å²) in [7, 11) is 3.73. The third-order valence-electron chi connectivity index (χ3n) is 4.75. The van der Waals surface area contributed by atoms with Crippen LogP contribution in [0.2, 0.25) is 0 Å². The molecule has 152 valence electrons. The summed E-state index contributed by atoms with van der Waals surface area (Å²) in [6.07, 6.45) is -0.591. The summed E-state index contributed by atoms with van der Waals surface area (Å²) >= 11 is 1.62. The van der Waals surface area contributed by atoms with E-state index in [0.29, 0.717) is 19.0 Å². The lowest BCUT2D eigenvalue weighted by Gasteiger charge is -2.14. The summed E-state index contributed by atoms with van der Waals surface area (Å²) in [6, 6.07) is 18.3. The predicted octanol–water partition coefficient (Wildman–Crippen LogP) is 3.80. The third-order valence-corrected chi connectivity index (χ3v) is 5.97. The van der Waals surface area contributed by atoms with Crippen molar-refractivity contribution in [2.75, 3.05) is 13.6 Å². The number of aromatic nitrogens is 2. The predicted molar refractivity (Wildman–Crippen MR) is 131 cm³/mol. The summed E-state index contributed by atoms with van der Waals surface area (Å²) in [5.41, 5.74) is 2.08. The molecule has 0 aliphatic carbocycles. The van der Waals surface area contributed by atoms with Crippen molar-refractivity contribution in [3.8, 4) is 0 Å². The fraction of sp³-hybridized carbons (Fsp3) is 0.238. The van der Waals surface area contributed by atoms with E-state index in [2.05, 4.69) is 43.4 Å². The lowest BCUT2D eigenvalue weighted by molar-refractivity contribution is 0.184. The number of rotatable bonds is 5. The van der Waals surface area contributed by atoms with E-state index in [0.717, 1.165) is 27.1 Å². The average Bonchev–Trinajstić information content (AvgIpc) is 3.29. The molecule has 0 aliphatic rings. The maximum atomic E-state index is 10.5. The third kappa shape index (κ3) is 4.71. The number of halogens is 1. The van der Waals surface area contributed by atoms with Crippen molar-refractivity contribution in [1.82, 2.24) is 20.2 Å². The van der Waals surface area contributed by atoms with E-state index in [4.69, 9.17) is 0 Å². The Labute approximate surface area is 190 Å². The number of aliphatic imine (C=N–C) groups is 1. The number of aliphatic hydroxyl groups excluding tert-OH is 1. The van der Waals surface area contributed by atoms with Crippen LogP contribution in [-0.2, 0) is 13.6 Å². The maximum absolute atomic E-state index is 10.5. The minimum Gasteiger partial charge on any atom is -0.386 e. The van der Waals surface area contributed by atoms with E-state index in [9.17, 15) is 5.11 Å². The van der Waals surface area contributed by atoms with Crippen molar-refractivity contribution >= 4 is 62.4 Å². The van der Waals surface area contributed by atoms with Gasteiger partial charge in [-0.1, -0.05) is 30.3 Å². The number of imidazole rings is 1. The smallest absolute Gasteiger partial charge is 0.191 e. The van der Waals surface area contributed by atoms with Gasteiger partial charge in [0.1, 0.15) is 11.9 Å².